The molecular weight excluding hydrogens is 202 g/mol. The van der Waals surface area contributed by atoms with Crippen LogP contribution in [0.4, 0.5) is 8.78 Å². The van der Waals surface area contributed by atoms with Crippen LogP contribution in [0.1, 0.15) is 5.82 Å². The van der Waals surface area contributed by atoms with Gasteiger partial charge in [0.15, 0.2) is 11.6 Å². The second-order valence-electron chi connectivity index (χ2n) is 2.69. The first-order valence-electron chi connectivity index (χ1n) is 3.97. The Hall–Kier alpha value is -2.29. The van der Waals surface area contributed by atoms with Gasteiger partial charge in [-0.1, -0.05) is 0 Å². The van der Waals surface area contributed by atoms with Gasteiger partial charge in [0.05, 0.1) is 6.20 Å². The van der Waals surface area contributed by atoms with E-state index in [-0.39, 0.29) is 11.6 Å². The number of halogens is 2. The number of hydrogen-bond donors (Lipinski definition) is 0. The Morgan fingerprint density at radius 2 is 2.13 bits per heavy atom. The number of imidazole rings is 1. The quantitative estimate of drug-likeness (QED) is 0.708. The van der Waals surface area contributed by atoms with Gasteiger partial charge < -0.3 is 0 Å². The fourth-order valence-corrected chi connectivity index (χ4v) is 1.14. The molecule has 0 aromatic carbocycles. The molecule has 0 N–H and O–H groups in total. The Kier molecular flexibility index (Phi) is 2.14. The molecule has 0 atom stereocenters. The number of nitriles is 1. The summed E-state index contributed by atoms with van der Waals surface area (Å²) in [5.41, 5.74) is 0. The van der Waals surface area contributed by atoms with E-state index in [2.05, 4.69) is 9.97 Å². The second-order valence-corrected chi connectivity index (χ2v) is 2.69. The molecule has 2 rings (SSSR count). The lowest BCUT2D eigenvalue weighted by molar-refractivity contribution is 0.565. The van der Waals surface area contributed by atoms with E-state index in [4.69, 9.17) is 5.26 Å². The van der Waals surface area contributed by atoms with E-state index in [1.54, 1.807) is 6.07 Å². The Balaban J connectivity index is 2.60. The topological polar surface area (TPSA) is 54.5 Å². The molecule has 2 aromatic rings. The van der Waals surface area contributed by atoms with Crippen LogP contribution in [0.25, 0.3) is 5.82 Å². The summed E-state index contributed by atoms with van der Waals surface area (Å²) in [5, 5.41) is 8.66. The number of rotatable bonds is 1. The SMILES string of the molecule is N#Cc1nccn1-c1ncc(F)cc1F. The third kappa shape index (κ3) is 1.55. The van der Waals surface area contributed by atoms with E-state index >= 15 is 0 Å². The first kappa shape index (κ1) is 9.27. The Morgan fingerprint density at radius 3 is 2.80 bits per heavy atom. The van der Waals surface area contributed by atoms with Crippen LogP contribution in [0.15, 0.2) is 24.7 Å². The van der Waals surface area contributed by atoms with Crippen molar-refractivity contribution in [1.82, 2.24) is 14.5 Å². The number of aromatic nitrogens is 3. The molecule has 0 radical (unpaired) electrons. The zero-order valence-corrected chi connectivity index (χ0v) is 7.35. The van der Waals surface area contributed by atoms with Crippen molar-refractivity contribution in [2.75, 3.05) is 0 Å². The Labute approximate surface area is 83.4 Å². The molecule has 15 heavy (non-hydrogen) atoms. The molecule has 4 nitrogen and oxygen atoms in total. The fraction of sp³-hybridized carbons (Fsp3) is 0. The molecule has 2 heterocycles. The van der Waals surface area contributed by atoms with Crippen molar-refractivity contribution in [2.24, 2.45) is 0 Å². The highest BCUT2D eigenvalue weighted by Crippen LogP contribution is 2.12. The lowest BCUT2D eigenvalue weighted by Crippen LogP contribution is -2.03. The van der Waals surface area contributed by atoms with E-state index in [9.17, 15) is 8.78 Å². The summed E-state index contributed by atoms with van der Waals surface area (Å²) in [6.45, 7) is 0. The van der Waals surface area contributed by atoms with Crippen molar-refractivity contribution in [3.05, 3.63) is 42.1 Å². The summed E-state index contributed by atoms with van der Waals surface area (Å²) >= 11 is 0. The maximum atomic E-state index is 13.3. The third-order valence-electron chi connectivity index (χ3n) is 1.76. The van der Waals surface area contributed by atoms with Gasteiger partial charge in [0.1, 0.15) is 11.9 Å². The summed E-state index contributed by atoms with van der Waals surface area (Å²) in [6.07, 6.45) is 3.59. The lowest BCUT2D eigenvalue weighted by atomic mass is 10.4. The molecule has 0 bridgehead atoms. The van der Waals surface area contributed by atoms with Crippen LogP contribution in [-0.4, -0.2) is 14.5 Å². The van der Waals surface area contributed by atoms with E-state index in [0.717, 1.165) is 10.8 Å². The Morgan fingerprint density at radius 1 is 1.33 bits per heavy atom. The Bertz CT molecular complexity index is 541. The average Bonchev–Trinajstić information content (AvgIpc) is 2.65. The maximum Gasteiger partial charge on any atom is 0.218 e. The van der Waals surface area contributed by atoms with Crippen molar-refractivity contribution < 1.29 is 8.78 Å². The molecule has 74 valence electrons. The number of hydrogen-bond acceptors (Lipinski definition) is 3. The van der Waals surface area contributed by atoms with E-state index in [1.165, 1.54) is 12.4 Å². The molecule has 0 aliphatic carbocycles. The molecule has 6 heteroatoms. The summed E-state index contributed by atoms with van der Waals surface area (Å²) in [4.78, 5) is 7.23. The van der Waals surface area contributed by atoms with Gasteiger partial charge in [-0.3, -0.25) is 4.57 Å². The minimum atomic E-state index is -0.843. The van der Waals surface area contributed by atoms with E-state index in [0.29, 0.717) is 6.07 Å². The minimum Gasteiger partial charge on any atom is -0.273 e. The molecule has 0 aliphatic rings. The largest absolute Gasteiger partial charge is 0.273 e. The van der Waals surface area contributed by atoms with Gasteiger partial charge in [-0.25, -0.2) is 18.7 Å². The van der Waals surface area contributed by atoms with Crippen molar-refractivity contribution >= 4 is 0 Å². The van der Waals surface area contributed by atoms with Crippen molar-refractivity contribution in [2.45, 2.75) is 0 Å². The van der Waals surface area contributed by atoms with E-state index in [1.807, 2.05) is 0 Å². The van der Waals surface area contributed by atoms with Crippen molar-refractivity contribution in [3.8, 4) is 11.9 Å². The van der Waals surface area contributed by atoms with Crippen LogP contribution in [0, 0.1) is 23.0 Å². The van der Waals surface area contributed by atoms with Gasteiger partial charge >= 0.3 is 0 Å². The minimum absolute atomic E-state index is 0.00647. The normalized spacial score (nSPS) is 9.93. The monoisotopic (exact) mass is 206 g/mol. The summed E-state index contributed by atoms with van der Waals surface area (Å²) in [6, 6.07) is 2.47. The molecule has 2 aromatic heterocycles. The fourth-order valence-electron chi connectivity index (χ4n) is 1.14. The van der Waals surface area contributed by atoms with Gasteiger partial charge in [0.2, 0.25) is 5.82 Å². The standard InChI is InChI=1S/C9H4F2N4/c10-6-3-7(11)9(14-5-6)15-2-1-13-8(15)4-12/h1-3,5H. The first-order chi connectivity index (χ1) is 7.22. The smallest absolute Gasteiger partial charge is 0.218 e. The second kappa shape index (κ2) is 3.46. The van der Waals surface area contributed by atoms with Crippen LogP contribution in [0.3, 0.4) is 0 Å². The zero-order valence-electron chi connectivity index (χ0n) is 7.35. The van der Waals surface area contributed by atoms with Crippen LogP contribution in [0.2, 0.25) is 0 Å². The highest BCUT2D eigenvalue weighted by atomic mass is 19.1. The number of pyridine rings is 1. The predicted molar refractivity (Wildman–Crippen MR) is 46.0 cm³/mol. The van der Waals surface area contributed by atoms with Gasteiger partial charge in [0.25, 0.3) is 0 Å². The highest BCUT2D eigenvalue weighted by molar-refractivity contribution is 5.30. The summed E-state index contributed by atoms with van der Waals surface area (Å²) in [7, 11) is 0. The lowest BCUT2D eigenvalue weighted by Gasteiger charge is -2.02. The predicted octanol–water partition coefficient (Wildman–Crippen LogP) is 1.42. The maximum absolute atomic E-state index is 13.3. The van der Waals surface area contributed by atoms with Crippen LogP contribution < -0.4 is 0 Å². The third-order valence-corrected chi connectivity index (χ3v) is 1.76. The van der Waals surface area contributed by atoms with Crippen molar-refractivity contribution in [3.63, 3.8) is 0 Å². The summed E-state index contributed by atoms with van der Waals surface area (Å²) < 4.78 is 27.0. The summed E-state index contributed by atoms with van der Waals surface area (Å²) in [5.74, 6) is -1.77. The van der Waals surface area contributed by atoms with Crippen LogP contribution in [-0.2, 0) is 0 Å². The van der Waals surface area contributed by atoms with Crippen LogP contribution >= 0.6 is 0 Å². The molecule has 0 saturated carbocycles. The highest BCUT2D eigenvalue weighted by Gasteiger charge is 2.11. The zero-order chi connectivity index (χ0) is 10.8. The van der Waals surface area contributed by atoms with Gasteiger partial charge in [-0.15, -0.1) is 0 Å². The van der Waals surface area contributed by atoms with Gasteiger partial charge in [-0.05, 0) is 0 Å². The molecule has 0 amide bonds. The average molecular weight is 206 g/mol. The molecule has 0 fully saturated rings. The van der Waals surface area contributed by atoms with Gasteiger partial charge in [0, 0.05) is 18.5 Å². The molecular formula is C9H4F2N4. The first-order valence-corrected chi connectivity index (χ1v) is 3.97. The van der Waals surface area contributed by atoms with Gasteiger partial charge in [-0.2, -0.15) is 5.26 Å². The molecule has 0 unspecified atom stereocenters. The molecule has 0 saturated heterocycles. The van der Waals surface area contributed by atoms with E-state index < -0.39 is 11.6 Å². The van der Waals surface area contributed by atoms with Crippen LogP contribution in [0.5, 0.6) is 0 Å². The molecule has 0 aliphatic heterocycles. The van der Waals surface area contributed by atoms with Crippen molar-refractivity contribution in [1.29, 1.82) is 5.26 Å². The molecule has 0 spiro atoms. The number of nitrogens with zero attached hydrogens (tertiary/aromatic N) is 4.